The first kappa shape index (κ1) is 17.3. The number of anilines is 2. The van der Waals surface area contributed by atoms with Gasteiger partial charge < -0.3 is 9.73 Å². The average Bonchev–Trinajstić information content (AvgIpc) is 3.02. The summed E-state index contributed by atoms with van der Waals surface area (Å²) in [5, 5.41) is 9.36. The zero-order chi connectivity index (χ0) is 19.0. The average molecular weight is 379 g/mol. The molecule has 3 aromatic heterocycles. The van der Waals surface area contributed by atoms with E-state index in [1.165, 1.54) is 17.8 Å². The highest BCUT2D eigenvalue weighted by atomic mass is 32.2. The van der Waals surface area contributed by atoms with E-state index in [-0.39, 0.29) is 5.63 Å². The minimum Gasteiger partial charge on any atom is -0.423 e. The number of rotatable bonds is 5. The molecular formula is C19H17N5O2S. The Morgan fingerprint density at radius 1 is 1.26 bits per heavy atom. The number of fused-ring (bicyclic) bond motifs is 2. The molecule has 0 radical (unpaired) electrons. The number of aromatic nitrogens is 4. The van der Waals surface area contributed by atoms with Crippen LogP contribution < -0.4 is 10.9 Å². The van der Waals surface area contributed by atoms with Gasteiger partial charge in [-0.05, 0) is 31.5 Å². The van der Waals surface area contributed by atoms with Gasteiger partial charge >= 0.3 is 5.63 Å². The first-order valence-corrected chi connectivity index (χ1v) is 9.32. The summed E-state index contributed by atoms with van der Waals surface area (Å²) in [6, 6.07) is 9.04. The Kier molecular flexibility index (Phi) is 4.41. The van der Waals surface area contributed by atoms with Crippen LogP contribution in [0.5, 0.6) is 0 Å². The monoisotopic (exact) mass is 379 g/mol. The third kappa shape index (κ3) is 3.43. The standard InChI is InChI=1S/C19H17N5O2S/c1-4-7-27-19-22-18-20-12(3)9-16(24(18)23-19)21-13-5-6-14-11(2)8-17(25)26-15(14)10-13/h4-6,8-10,21H,1,7H2,2-3H3. The fourth-order valence-corrected chi connectivity index (χ4v) is 3.36. The van der Waals surface area contributed by atoms with E-state index < -0.39 is 0 Å². The maximum atomic E-state index is 11.7. The van der Waals surface area contributed by atoms with Crippen molar-refractivity contribution >= 4 is 40.0 Å². The summed E-state index contributed by atoms with van der Waals surface area (Å²) < 4.78 is 6.99. The van der Waals surface area contributed by atoms with Gasteiger partial charge in [-0.1, -0.05) is 17.8 Å². The number of nitrogens with zero attached hydrogens (tertiary/aromatic N) is 4. The molecule has 7 nitrogen and oxygen atoms in total. The van der Waals surface area contributed by atoms with E-state index in [1.807, 2.05) is 32.0 Å². The molecule has 4 aromatic rings. The second kappa shape index (κ2) is 6.88. The first-order chi connectivity index (χ1) is 13.0. The molecule has 1 aromatic carbocycles. The van der Waals surface area contributed by atoms with Crippen molar-refractivity contribution in [2.24, 2.45) is 0 Å². The Morgan fingerprint density at radius 3 is 2.93 bits per heavy atom. The summed E-state index contributed by atoms with van der Waals surface area (Å²) in [5.74, 6) is 1.97. The molecule has 0 aliphatic heterocycles. The molecule has 1 N–H and O–H groups in total. The van der Waals surface area contributed by atoms with Gasteiger partial charge in [0.2, 0.25) is 5.16 Å². The Balaban J connectivity index is 1.76. The van der Waals surface area contributed by atoms with Gasteiger partial charge in [-0.15, -0.1) is 11.7 Å². The predicted octanol–water partition coefficient (Wildman–Crippen LogP) is 3.87. The highest BCUT2D eigenvalue weighted by Crippen LogP contribution is 2.24. The number of benzene rings is 1. The Hall–Kier alpha value is -3.13. The second-order valence-electron chi connectivity index (χ2n) is 6.07. The molecule has 0 spiro atoms. The molecule has 0 aliphatic rings. The molecule has 0 aliphatic carbocycles. The van der Waals surface area contributed by atoms with Gasteiger partial charge in [0.05, 0.1) is 0 Å². The summed E-state index contributed by atoms with van der Waals surface area (Å²) in [7, 11) is 0. The minimum absolute atomic E-state index is 0.362. The maximum Gasteiger partial charge on any atom is 0.336 e. The first-order valence-electron chi connectivity index (χ1n) is 8.33. The van der Waals surface area contributed by atoms with E-state index in [0.29, 0.717) is 16.5 Å². The quantitative estimate of drug-likeness (QED) is 0.320. The Morgan fingerprint density at radius 2 is 2.11 bits per heavy atom. The molecule has 0 unspecified atom stereocenters. The molecule has 136 valence electrons. The zero-order valence-electron chi connectivity index (χ0n) is 14.9. The van der Waals surface area contributed by atoms with Crippen molar-refractivity contribution in [2.45, 2.75) is 19.0 Å². The lowest BCUT2D eigenvalue weighted by atomic mass is 10.1. The van der Waals surface area contributed by atoms with Crippen LogP contribution in [0.4, 0.5) is 11.5 Å². The number of nitrogens with one attached hydrogen (secondary N) is 1. The number of aryl methyl sites for hydroxylation is 2. The Labute approximate surface area is 159 Å². The molecule has 0 atom stereocenters. The highest BCUT2D eigenvalue weighted by Gasteiger charge is 2.11. The number of hydrogen-bond donors (Lipinski definition) is 1. The summed E-state index contributed by atoms with van der Waals surface area (Å²) in [6.45, 7) is 7.50. The molecule has 8 heteroatoms. The minimum atomic E-state index is -0.362. The number of hydrogen-bond acceptors (Lipinski definition) is 7. The van der Waals surface area contributed by atoms with Crippen molar-refractivity contribution in [1.82, 2.24) is 19.6 Å². The molecular weight excluding hydrogens is 362 g/mol. The molecule has 0 fully saturated rings. The lowest BCUT2D eigenvalue weighted by Gasteiger charge is -2.09. The molecule has 0 saturated heterocycles. The van der Waals surface area contributed by atoms with E-state index in [2.05, 4.69) is 27.0 Å². The largest absolute Gasteiger partial charge is 0.423 e. The lowest BCUT2D eigenvalue weighted by Crippen LogP contribution is -2.03. The van der Waals surface area contributed by atoms with Crippen LogP contribution in [-0.4, -0.2) is 25.3 Å². The van der Waals surface area contributed by atoms with Crippen LogP contribution in [0.1, 0.15) is 11.3 Å². The summed E-state index contributed by atoms with van der Waals surface area (Å²) >= 11 is 1.49. The van der Waals surface area contributed by atoms with E-state index in [1.54, 1.807) is 16.7 Å². The van der Waals surface area contributed by atoms with Crippen LogP contribution in [-0.2, 0) is 0 Å². The van der Waals surface area contributed by atoms with Gasteiger partial charge in [0.25, 0.3) is 5.78 Å². The fraction of sp³-hybridized carbons (Fsp3) is 0.158. The highest BCUT2D eigenvalue weighted by molar-refractivity contribution is 7.99. The molecule has 3 heterocycles. The Bertz CT molecular complexity index is 1230. The zero-order valence-corrected chi connectivity index (χ0v) is 15.7. The van der Waals surface area contributed by atoms with Gasteiger partial charge in [0.15, 0.2) is 0 Å². The fourth-order valence-electron chi connectivity index (χ4n) is 2.80. The summed E-state index contributed by atoms with van der Waals surface area (Å²) in [5.41, 5.74) is 2.65. The third-order valence-electron chi connectivity index (χ3n) is 3.97. The van der Waals surface area contributed by atoms with Crippen molar-refractivity contribution in [3.63, 3.8) is 0 Å². The van der Waals surface area contributed by atoms with Crippen LogP contribution in [0.2, 0.25) is 0 Å². The molecule has 27 heavy (non-hydrogen) atoms. The smallest absolute Gasteiger partial charge is 0.336 e. The van der Waals surface area contributed by atoms with Gasteiger partial charge in [0.1, 0.15) is 11.4 Å². The van der Waals surface area contributed by atoms with Crippen molar-refractivity contribution in [1.29, 1.82) is 0 Å². The lowest BCUT2D eigenvalue weighted by molar-refractivity contribution is 0.560. The molecule has 4 rings (SSSR count). The normalized spacial score (nSPS) is 11.2. The van der Waals surface area contributed by atoms with Crippen LogP contribution in [0.25, 0.3) is 16.7 Å². The predicted molar refractivity (Wildman–Crippen MR) is 107 cm³/mol. The van der Waals surface area contributed by atoms with Crippen molar-refractivity contribution in [3.8, 4) is 0 Å². The summed E-state index contributed by atoms with van der Waals surface area (Å²) in [4.78, 5) is 20.5. The van der Waals surface area contributed by atoms with Crippen LogP contribution in [0.3, 0.4) is 0 Å². The van der Waals surface area contributed by atoms with E-state index in [4.69, 9.17) is 4.42 Å². The van der Waals surface area contributed by atoms with E-state index in [0.717, 1.165) is 33.9 Å². The van der Waals surface area contributed by atoms with Gasteiger partial charge in [-0.25, -0.2) is 9.78 Å². The summed E-state index contributed by atoms with van der Waals surface area (Å²) in [6.07, 6.45) is 1.80. The SMILES string of the molecule is C=CCSc1nc2nc(C)cc(Nc3ccc4c(C)cc(=O)oc4c3)n2n1. The number of thioether (sulfide) groups is 1. The molecule has 0 amide bonds. The molecule has 0 bridgehead atoms. The van der Waals surface area contributed by atoms with Crippen LogP contribution >= 0.6 is 11.8 Å². The van der Waals surface area contributed by atoms with Crippen molar-refractivity contribution in [3.05, 3.63) is 64.7 Å². The van der Waals surface area contributed by atoms with Crippen molar-refractivity contribution in [2.75, 3.05) is 11.1 Å². The maximum absolute atomic E-state index is 11.7. The van der Waals surface area contributed by atoms with Crippen molar-refractivity contribution < 1.29 is 4.42 Å². The second-order valence-corrected chi connectivity index (χ2v) is 7.06. The third-order valence-corrected chi connectivity index (χ3v) is 4.81. The van der Waals surface area contributed by atoms with Crippen LogP contribution in [0, 0.1) is 13.8 Å². The van der Waals surface area contributed by atoms with Gasteiger partial charge in [-0.3, -0.25) is 0 Å². The van der Waals surface area contributed by atoms with E-state index in [9.17, 15) is 4.79 Å². The molecule has 0 saturated carbocycles. The topological polar surface area (TPSA) is 85.3 Å². The van der Waals surface area contributed by atoms with Gasteiger partial charge in [0, 0.05) is 40.7 Å². The van der Waals surface area contributed by atoms with E-state index >= 15 is 0 Å². The van der Waals surface area contributed by atoms with Crippen LogP contribution in [0.15, 0.2) is 57.4 Å². The van der Waals surface area contributed by atoms with Gasteiger partial charge in [-0.2, -0.15) is 9.50 Å².